The average molecular weight is 297 g/mol. The lowest BCUT2D eigenvalue weighted by atomic mass is 9.79. The molecule has 2 rings (SSSR count). The van der Waals surface area contributed by atoms with Gasteiger partial charge >= 0.3 is 0 Å². The second-order valence-electron chi connectivity index (χ2n) is 4.98. The Labute approximate surface area is 110 Å². The van der Waals surface area contributed by atoms with E-state index in [2.05, 4.69) is 20.9 Å². The summed E-state index contributed by atoms with van der Waals surface area (Å²) in [6, 6.07) is 3.80. The highest BCUT2D eigenvalue weighted by Gasteiger charge is 2.42. The van der Waals surface area contributed by atoms with E-state index in [-0.39, 0.29) is 17.2 Å². The first kappa shape index (κ1) is 12.7. The molecule has 1 aliphatic rings. The van der Waals surface area contributed by atoms with Crippen LogP contribution in [-0.4, -0.2) is 16.8 Å². The number of carbonyl (C=O) groups is 1. The van der Waals surface area contributed by atoms with E-state index >= 15 is 0 Å². The van der Waals surface area contributed by atoms with Gasteiger partial charge in [0.2, 0.25) is 0 Å². The SMILES string of the molecule is CC1(C(=O)Cc2ccc(Br)cn2)CCCC1N. The van der Waals surface area contributed by atoms with Gasteiger partial charge in [-0.25, -0.2) is 0 Å². The molecule has 17 heavy (non-hydrogen) atoms. The zero-order valence-corrected chi connectivity index (χ0v) is 11.5. The van der Waals surface area contributed by atoms with Crippen LogP contribution in [0.2, 0.25) is 0 Å². The third kappa shape index (κ3) is 2.58. The molecule has 2 N–H and O–H groups in total. The number of hydrogen-bond acceptors (Lipinski definition) is 3. The number of Topliss-reactive ketones (excluding diaryl/α,β-unsaturated/α-hetero) is 1. The van der Waals surface area contributed by atoms with Crippen molar-refractivity contribution >= 4 is 21.7 Å². The van der Waals surface area contributed by atoms with Gasteiger partial charge in [0.25, 0.3) is 0 Å². The van der Waals surface area contributed by atoms with Crippen molar-refractivity contribution in [3.8, 4) is 0 Å². The van der Waals surface area contributed by atoms with Gasteiger partial charge in [0, 0.05) is 34.2 Å². The van der Waals surface area contributed by atoms with Crippen LogP contribution < -0.4 is 5.73 Å². The van der Waals surface area contributed by atoms with Gasteiger partial charge in [-0.3, -0.25) is 9.78 Å². The molecular formula is C13H17BrN2O. The standard InChI is InChI=1S/C13H17BrN2O/c1-13(6-2-3-11(13)15)12(17)7-10-5-4-9(14)8-16-10/h4-5,8,11H,2-3,6-7,15H2,1H3. The topological polar surface area (TPSA) is 56.0 Å². The van der Waals surface area contributed by atoms with Crippen LogP contribution in [0.5, 0.6) is 0 Å². The maximum Gasteiger partial charge on any atom is 0.146 e. The molecular weight excluding hydrogens is 280 g/mol. The van der Waals surface area contributed by atoms with Crippen molar-refractivity contribution in [2.45, 2.75) is 38.6 Å². The molecule has 1 saturated carbocycles. The monoisotopic (exact) mass is 296 g/mol. The number of ketones is 1. The molecule has 4 heteroatoms. The molecule has 2 atom stereocenters. The quantitative estimate of drug-likeness (QED) is 0.932. The summed E-state index contributed by atoms with van der Waals surface area (Å²) >= 11 is 3.33. The van der Waals surface area contributed by atoms with Crippen LogP contribution in [0.3, 0.4) is 0 Å². The van der Waals surface area contributed by atoms with E-state index in [9.17, 15) is 4.79 Å². The van der Waals surface area contributed by atoms with Gasteiger partial charge in [0.05, 0.1) is 0 Å². The summed E-state index contributed by atoms with van der Waals surface area (Å²) in [6.45, 7) is 1.99. The molecule has 0 bridgehead atoms. The van der Waals surface area contributed by atoms with Gasteiger partial charge in [-0.1, -0.05) is 13.3 Å². The fourth-order valence-corrected chi connectivity index (χ4v) is 2.65. The van der Waals surface area contributed by atoms with E-state index in [1.165, 1.54) is 0 Å². The minimum atomic E-state index is -0.352. The lowest BCUT2D eigenvalue weighted by molar-refractivity contribution is -0.127. The molecule has 0 aliphatic heterocycles. The van der Waals surface area contributed by atoms with Crippen molar-refractivity contribution < 1.29 is 4.79 Å². The zero-order valence-electron chi connectivity index (χ0n) is 9.95. The molecule has 0 amide bonds. The van der Waals surface area contributed by atoms with Gasteiger partial charge < -0.3 is 5.73 Å². The summed E-state index contributed by atoms with van der Waals surface area (Å²) in [6.07, 6.45) is 5.02. The van der Waals surface area contributed by atoms with Crippen molar-refractivity contribution in [1.82, 2.24) is 4.98 Å². The summed E-state index contributed by atoms with van der Waals surface area (Å²) in [5.41, 5.74) is 6.51. The molecule has 3 nitrogen and oxygen atoms in total. The van der Waals surface area contributed by atoms with Crippen molar-refractivity contribution in [2.75, 3.05) is 0 Å². The normalized spacial score (nSPS) is 28.3. The lowest BCUT2D eigenvalue weighted by Crippen LogP contribution is -2.42. The molecule has 1 heterocycles. The smallest absolute Gasteiger partial charge is 0.146 e. The Morgan fingerprint density at radius 3 is 2.94 bits per heavy atom. The van der Waals surface area contributed by atoms with Crippen LogP contribution in [0.25, 0.3) is 0 Å². The van der Waals surface area contributed by atoms with Crippen LogP contribution in [0.1, 0.15) is 31.9 Å². The number of nitrogens with two attached hydrogens (primary N) is 1. The molecule has 1 fully saturated rings. The van der Waals surface area contributed by atoms with E-state index in [0.29, 0.717) is 6.42 Å². The van der Waals surface area contributed by atoms with Crippen molar-refractivity contribution in [3.63, 3.8) is 0 Å². The predicted octanol–water partition coefficient (Wildman–Crippen LogP) is 2.47. The van der Waals surface area contributed by atoms with E-state index in [1.54, 1.807) is 6.20 Å². The first-order chi connectivity index (χ1) is 8.02. The summed E-state index contributed by atoms with van der Waals surface area (Å²) in [5.74, 6) is 0.220. The fraction of sp³-hybridized carbons (Fsp3) is 0.538. The van der Waals surface area contributed by atoms with Gasteiger partial charge in [-0.05, 0) is 40.9 Å². The molecule has 0 saturated heterocycles. The highest BCUT2D eigenvalue weighted by Crippen LogP contribution is 2.38. The summed E-state index contributed by atoms with van der Waals surface area (Å²) in [5, 5.41) is 0. The Morgan fingerprint density at radius 2 is 2.41 bits per heavy atom. The number of pyridine rings is 1. The highest BCUT2D eigenvalue weighted by molar-refractivity contribution is 9.10. The number of halogens is 1. The minimum absolute atomic E-state index is 0.00504. The summed E-state index contributed by atoms with van der Waals surface area (Å²) in [7, 11) is 0. The van der Waals surface area contributed by atoms with Crippen LogP contribution in [0.4, 0.5) is 0 Å². The first-order valence-corrected chi connectivity index (χ1v) is 6.71. The Kier molecular flexibility index (Phi) is 3.64. The van der Waals surface area contributed by atoms with Crippen molar-refractivity contribution in [1.29, 1.82) is 0 Å². The molecule has 92 valence electrons. The number of hydrogen-bond donors (Lipinski definition) is 1. The van der Waals surface area contributed by atoms with Crippen LogP contribution in [0.15, 0.2) is 22.8 Å². The molecule has 0 aromatic carbocycles. The second-order valence-corrected chi connectivity index (χ2v) is 5.90. The molecule has 0 spiro atoms. The second kappa shape index (κ2) is 4.86. The number of aromatic nitrogens is 1. The molecule has 1 aromatic heterocycles. The maximum absolute atomic E-state index is 12.3. The molecule has 1 aliphatic carbocycles. The molecule has 1 aromatic rings. The summed E-state index contributed by atoms with van der Waals surface area (Å²) in [4.78, 5) is 16.5. The Bertz CT molecular complexity index is 418. The molecule has 2 unspecified atom stereocenters. The largest absolute Gasteiger partial charge is 0.327 e. The Hall–Kier alpha value is -0.740. The van der Waals surface area contributed by atoms with Crippen molar-refractivity contribution in [2.24, 2.45) is 11.1 Å². The van der Waals surface area contributed by atoms with E-state index in [4.69, 9.17) is 5.73 Å². The zero-order chi connectivity index (χ0) is 12.5. The molecule has 0 radical (unpaired) electrons. The number of carbonyl (C=O) groups excluding carboxylic acids is 1. The fourth-order valence-electron chi connectivity index (χ4n) is 2.42. The van der Waals surface area contributed by atoms with Crippen molar-refractivity contribution in [3.05, 3.63) is 28.5 Å². The first-order valence-electron chi connectivity index (χ1n) is 5.92. The van der Waals surface area contributed by atoms with Crippen LogP contribution in [-0.2, 0) is 11.2 Å². The van der Waals surface area contributed by atoms with E-state index in [0.717, 1.165) is 29.4 Å². The van der Waals surface area contributed by atoms with Crippen LogP contribution in [0, 0.1) is 5.41 Å². The average Bonchev–Trinajstić information content (AvgIpc) is 2.64. The van der Waals surface area contributed by atoms with E-state index in [1.807, 2.05) is 19.1 Å². The number of rotatable bonds is 3. The van der Waals surface area contributed by atoms with Gasteiger partial charge in [-0.15, -0.1) is 0 Å². The lowest BCUT2D eigenvalue weighted by Gasteiger charge is -2.27. The third-order valence-corrected chi connectivity index (χ3v) is 4.27. The Balaban J connectivity index is 2.09. The third-order valence-electron chi connectivity index (χ3n) is 3.80. The van der Waals surface area contributed by atoms with Gasteiger partial charge in [0.1, 0.15) is 5.78 Å². The highest BCUT2D eigenvalue weighted by atomic mass is 79.9. The predicted molar refractivity (Wildman–Crippen MR) is 70.6 cm³/mol. The van der Waals surface area contributed by atoms with Crippen LogP contribution >= 0.6 is 15.9 Å². The number of nitrogens with zero attached hydrogens (tertiary/aromatic N) is 1. The van der Waals surface area contributed by atoms with Gasteiger partial charge in [0.15, 0.2) is 0 Å². The maximum atomic E-state index is 12.3. The van der Waals surface area contributed by atoms with Gasteiger partial charge in [-0.2, -0.15) is 0 Å². The Morgan fingerprint density at radius 1 is 1.65 bits per heavy atom. The van der Waals surface area contributed by atoms with E-state index < -0.39 is 0 Å². The summed E-state index contributed by atoms with van der Waals surface area (Å²) < 4.78 is 0.928. The minimum Gasteiger partial charge on any atom is -0.327 e.